The third kappa shape index (κ3) is 5.12. The van der Waals surface area contributed by atoms with E-state index in [1.54, 1.807) is 47.0 Å². The highest BCUT2D eigenvalue weighted by molar-refractivity contribution is 7.99. The van der Waals surface area contributed by atoms with Crippen LogP contribution in [0.1, 0.15) is 35.4 Å². The van der Waals surface area contributed by atoms with E-state index in [4.69, 9.17) is 14.7 Å². The van der Waals surface area contributed by atoms with Crippen LogP contribution in [0.5, 0.6) is 0 Å². The van der Waals surface area contributed by atoms with Gasteiger partial charge in [0, 0.05) is 40.3 Å². The maximum absolute atomic E-state index is 11.0. The summed E-state index contributed by atoms with van der Waals surface area (Å²) >= 11 is 5.00. The lowest BCUT2D eigenvalue weighted by molar-refractivity contribution is -0.384. The predicted octanol–water partition coefficient (Wildman–Crippen LogP) is 7.04. The number of non-ortho nitro benzene ring substituents is 1. The van der Waals surface area contributed by atoms with E-state index >= 15 is 0 Å². The fraction of sp³-hybridized carbons (Fsp3) is 0.280. The zero-order chi connectivity index (χ0) is 23.7. The molecule has 0 fully saturated rings. The quantitative estimate of drug-likeness (QED) is 0.0869. The smallest absolute Gasteiger partial charge is 0.269 e. The highest BCUT2D eigenvalue weighted by Crippen LogP contribution is 2.43. The average Bonchev–Trinajstić information content (AvgIpc) is 3.19. The van der Waals surface area contributed by atoms with Crippen LogP contribution in [0, 0.1) is 10.1 Å². The standard InChI is InChI=1S/C25H23N3O3S3/c1-25(2)12-19-20(13-31-25)34-23-21(19)22(32-14-17-8-10-18(11-9-17)28(29)30)26-24(27-23)33-15-16-6-4-3-5-7-16/h3-11H,12-15H2,1-2H3. The number of rotatable bonds is 7. The van der Waals surface area contributed by atoms with E-state index in [9.17, 15) is 10.1 Å². The summed E-state index contributed by atoms with van der Waals surface area (Å²) < 4.78 is 6.05. The first-order valence-corrected chi connectivity index (χ1v) is 13.7. The summed E-state index contributed by atoms with van der Waals surface area (Å²) in [4.78, 5) is 22.7. The molecule has 3 heterocycles. The minimum Gasteiger partial charge on any atom is -0.370 e. The highest BCUT2D eigenvalue weighted by atomic mass is 32.2. The molecule has 0 aliphatic carbocycles. The van der Waals surface area contributed by atoms with Crippen LogP contribution in [0.4, 0.5) is 5.69 Å². The Balaban J connectivity index is 1.47. The second kappa shape index (κ2) is 9.65. The average molecular weight is 510 g/mol. The molecular formula is C25H23N3O3S3. The number of benzene rings is 2. The number of ether oxygens (including phenoxy) is 1. The molecule has 5 rings (SSSR count). The van der Waals surface area contributed by atoms with E-state index in [1.165, 1.54) is 16.0 Å². The molecule has 2 aromatic heterocycles. The van der Waals surface area contributed by atoms with Crippen LogP contribution in [0.2, 0.25) is 0 Å². The number of hydrogen-bond donors (Lipinski definition) is 0. The van der Waals surface area contributed by atoms with Gasteiger partial charge in [-0.15, -0.1) is 23.1 Å². The molecule has 0 unspecified atom stereocenters. The van der Waals surface area contributed by atoms with Gasteiger partial charge < -0.3 is 4.74 Å². The van der Waals surface area contributed by atoms with Crippen molar-refractivity contribution in [3.05, 3.63) is 86.3 Å². The molecule has 1 aliphatic heterocycles. The molecule has 9 heteroatoms. The van der Waals surface area contributed by atoms with Crippen molar-refractivity contribution < 1.29 is 9.66 Å². The SMILES string of the molecule is CC1(C)Cc2c(sc3nc(SCc4ccccc4)nc(SCc4ccc([N+](=O)[O-])cc4)c23)CO1. The third-order valence-corrected chi connectivity index (χ3v) is 8.67. The largest absolute Gasteiger partial charge is 0.370 e. The van der Waals surface area contributed by atoms with Crippen LogP contribution < -0.4 is 0 Å². The summed E-state index contributed by atoms with van der Waals surface area (Å²) in [7, 11) is 0. The second-order valence-electron chi connectivity index (χ2n) is 8.71. The van der Waals surface area contributed by atoms with E-state index < -0.39 is 0 Å². The van der Waals surface area contributed by atoms with Gasteiger partial charge in [-0.1, -0.05) is 54.2 Å². The molecule has 174 valence electrons. The molecule has 1 aliphatic rings. The summed E-state index contributed by atoms with van der Waals surface area (Å²) in [5.74, 6) is 1.48. The van der Waals surface area contributed by atoms with Crippen LogP contribution in [0.3, 0.4) is 0 Å². The first-order chi connectivity index (χ1) is 16.4. The molecule has 34 heavy (non-hydrogen) atoms. The van der Waals surface area contributed by atoms with Crippen molar-refractivity contribution in [1.82, 2.24) is 9.97 Å². The monoisotopic (exact) mass is 509 g/mol. The summed E-state index contributed by atoms with van der Waals surface area (Å²) in [5, 5.41) is 13.8. The fourth-order valence-corrected chi connectivity index (χ4v) is 6.94. The molecule has 0 bridgehead atoms. The molecule has 0 amide bonds. The minimum atomic E-state index is -0.372. The summed E-state index contributed by atoms with van der Waals surface area (Å²) in [6, 6.07) is 17.1. The number of nitro groups is 1. The van der Waals surface area contributed by atoms with Crippen molar-refractivity contribution in [3.63, 3.8) is 0 Å². The Morgan fingerprint density at radius 3 is 2.47 bits per heavy atom. The molecule has 4 aromatic rings. The normalized spacial score (nSPS) is 14.8. The lowest BCUT2D eigenvalue weighted by atomic mass is 9.95. The van der Waals surface area contributed by atoms with E-state index in [2.05, 4.69) is 26.0 Å². The van der Waals surface area contributed by atoms with Gasteiger partial charge in [-0.25, -0.2) is 9.97 Å². The first-order valence-electron chi connectivity index (χ1n) is 10.9. The second-order valence-corrected chi connectivity index (χ2v) is 11.7. The lowest BCUT2D eigenvalue weighted by Crippen LogP contribution is -2.31. The summed E-state index contributed by atoms with van der Waals surface area (Å²) in [5.41, 5.74) is 3.43. The van der Waals surface area contributed by atoms with Gasteiger partial charge in [0.25, 0.3) is 5.69 Å². The van der Waals surface area contributed by atoms with Gasteiger partial charge in [0.05, 0.1) is 17.1 Å². The van der Waals surface area contributed by atoms with Gasteiger partial charge >= 0.3 is 0 Å². The predicted molar refractivity (Wildman–Crippen MR) is 139 cm³/mol. The van der Waals surface area contributed by atoms with Crippen molar-refractivity contribution in [2.75, 3.05) is 0 Å². The minimum absolute atomic E-state index is 0.104. The van der Waals surface area contributed by atoms with Crippen LogP contribution in [-0.2, 0) is 29.3 Å². The van der Waals surface area contributed by atoms with Crippen molar-refractivity contribution in [3.8, 4) is 0 Å². The Kier molecular flexibility index (Phi) is 6.61. The van der Waals surface area contributed by atoms with Crippen LogP contribution in [-0.4, -0.2) is 20.5 Å². The topological polar surface area (TPSA) is 78.2 Å². The van der Waals surface area contributed by atoms with E-state index in [1.807, 2.05) is 30.3 Å². The molecule has 0 saturated heterocycles. The number of hydrogen-bond acceptors (Lipinski definition) is 8. The Morgan fingerprint density at radius 1 is 1.03 bits per heavy atom. The lowest BCUT2D eigenvalue weighted by Gasteiger charge is -2.30. The van der Waals surface area contributed by atoms with Gasteiger partial charge in [-0.05, 0) is 30.5 Å². The first kappa shape index (κ1) is 23.3. The summed E-state index contributed by atoms with van der Waals surface area (Å²) in [6.45, 7) is 4.84. The molecule has 0 N–H and O–H groups in total. The van der Waals surface area contributed by atoms with Crippen molar-refractivity contribution in [2.24, 2.45) is 0 Å². The Hall–Kier alpha value is -2.46. The van der Waals surface area contributed by atoms with Crippen molar-refractivity contribution in [2.45, 2.75) is 54.2 Å². The zero-order valence-electron chi connectivity index (χ0n) is 18.8. The number of nitro benzene ring substituents is 1. The van der Waals surface area contributed by atoms with Crippen molar-refractivity contribution >= 4 is 50.8 Å². The molecular weight excluding hydrogens is 486 g/mol. The van der Waals surface area contributed by atoms with Gasteiger partial charge in [-0.3, -0.25) is 10.1 Å². The number of aromatic nitrogens is 2. The molecule has 0 atom stereocenters. The number of thiophene rings is 1. The van der Waals surface area contributed by atoms with Crippen LogP contribution in [0.15, 0.2) is 64.8 Å². The van der Waals surface area contributed by atoms with E-state index in [0.717, 1.165) is 38.1 Å². The third-order valence-electron chi connectivity index (χ3n) is 5.61. The number of thioether (sulfide) groups is 2. The zero-order valence-corrected chi connectivity index (χ0v) is 21.3. The van der Waals surface area contributed by atoms with Crippen LogP contribution >= 0.6 is 34.9 Å². The Bertz CT molecular complexity index is 1340. The maximum Gasteiger partial charge on any atom is 0.269 e. The highest BCUT2D eigenvalue weighted by Gasteiger charge is 2.31. The van der Waals surface area contributed by atoms with Gasteiger partial charge in [0.2, 0.25) is 0 Å². The van der Waals surface area contributed by atoms with Crippen LogP contribution in [0.25, 0.3) is 10.2 Å². The number of nitrogens with zero attached hydrogens (tertiary/aromatic N) is 3. The Morgan fingerprint density at radius 2 is 1.74 bits per heavy atom. The molecule has 0 radical (unpaired) electrons. The van der Waals surface area contributed by atoms with Gasteiger partial charge in [0.15, 0.2) is 5.16 Å². The summed E-state index contributed by atoms with van der Waals surface area (Å²) in [6.07, 6.45) is 0.827. The Labute approximate surface area is 210 Å². The molecule has 0 spiro atoms. The van der Waals surface area contributed by atoms with Gasteiger partial charge in [-0.2, -0.15) is 0 Å². The maximum atomic E-state index is 11.0. The molecule has 2 aromatic carbocycles. The van der Waals surface area contributed by atoms with E-state index in [0.29, 0.717) is 12.4 Å². The molecule has 6 nitrogen and oxygen atoms in total. The van der Waals surface area contributed by atoms with Gasteiger partial charge in [0.1, 0.15) is 9.86 Å². The fourth-order valence-electron chi connectivity index (χ4n) is 3.85. The van der Waals surface area contributed by atoms with E-state index in [-0.39, 0.29) is 16.2 Å². The molecule has 0 saturated carbocycles. The van der Waals surface area contributed by atoms with Crippen molar-refractivity contribution in [1.29, 1.82) is 0 Å². The number of fused-ring (bicyclic) bond motifs is 3.